The summed E-state index contributed by atoms with van der Waals surface area (Å²) in [6, 6.07) is 8.03. The van der Waals surface area contributed by atoms with E-state index in [0.717, 1.165) is 43.9 Å². The largest absolute Gasteiger partial charge is 0.456 e. The molecule has 6 heteroatoms. The van der Waals surface area contributed by atoms with Crippen molar-refractivity contribution < 1.29 is 30.0 Å². The summed E-state index contributed by atoms with van der Waals surface area (Å²) >= 11 is 0. The van der Waals surface area contributed by atoms with E-state index < -0.39 is 24.3 Å². The van der Waals surface area contributed by atoms with Crippen molar-refractivity contribution >= 4 is 5.97 Å². The molecule has 0 amide bonds. The number of esters is 1. The van der Waals surface area contributed by atoms with Gasteiger partial charge in [0.25, 0.3) is 0 Å². The summed E-state index contributed by atoms with van der Waals surface area (Å²) in [5.41, 5.74) is 2.95. The molecule has 0 aliphatic carbocycles. The summed E-state index contributed by atoms with van der Waals surface area (Å²) in [4.78, 5) is 12.6. The van der Waals surface area contributed by atoms with E-state index >= 15 is 0 Å². The molecule has 32 heavy (non-hydrogen) atoms. The molecule has 4 atom stereocenters. The van der Waals surface area contributed by atoms with Crippen LogP contribution in [0.1, 0.15) is 70.9 Å². The van der Waals surface area contributed by atoms with E-state index in [1.54, 1.807) is 0 Å². The van der Waals surface area contributed by atoms with Gasteiger partial charge in [0, 0.05) is 26.1 Å². The number of aliphatic hydroxyl groups excluding tert-OH is 4. The minimum atomic E-state index is -1.60. The van der Waals surface area contributed by atoms with Gasteiger partial charge in [-0.25, -0.2) is 4.79 Å². The van der Waals surface area contributed by atoms with Gasteiger partial charge in [-0.3, -0.25) is 0 Å². The molecule has 182 valence electrons. The van der Waals surface area contributed by atoms with Gasteiger partial charge in [-0.15, -0.1) is 0 Å². The highest BCUT2D eigenvalue weighted by Gasteiger charge is 2.30. The Hall–Kier alpha value is -1.73. The Morgan fingerprint density at radius 3 is 2.56 bits per heavy atom. The van der Waals surface area contributed by atoms with Crippen molar-refractivity contribution in [3.05, 3.63) is 47.0 Å². The van der Waals surface area contributed by atoms with Gasteiger partial charge in [0.05, 0.1) is 6.10 Å². The molecule has 2 rings (SSSR count). The second-order valence-electron chi connectivity index (χ2n) is 9.23. The minimum Gasteiger partial charge on any atom is -0.456 e. The number of carbonyl (C=O) groups is 1. The van der Waals surface area contributed by atoms with Crippen LogP contribution in [0.3, 0.4) is 0 Å². The van der Waals surface area contributed by atoms with E-state index in [4.69, 9.17) is 9.84 Å². The Kier molecular flexibility index (Phi) is 12.1. The molecular formula is C26H42O6. The lowest BCUT2D eigenvalue weighted by molar-refractivity contribution is -0.163. The summed E-state index contributed by atoms with van der Waals surface area (Å²) in [7, 11) is 1.00. The van der Waals surface area contributed by atoms with Crippen LogP contribution in [0.4, 0.5) is 0 Å². The molecule has 4 N–H and O–H groups in total. The van der Waals surface area contributed by atoms with Gasteiger partial charge in [0.2, 0.25) is 0 Å². The first-order chi connectivity index (χ1) is 15.2. The second kappa shape index (κ2) is 13.7. The molecule has 0 fully saturated rings. The van der Waals surface area contributed by atoms with Crippen molar-refractivity contribution in [2.45, 2.75) is 89.9 Å². The predicted octanol–water partition coefficient (Wildman–Crippen LogP) is 3.29. The molecule has 0 aromatic heterocycles. The van der Waals surface area contributed by atoms with Crippen LogP contribution in [0.5, 0.6) is 0 Å². The first kappa shape index (κ1) is 28.3. The van der Waals surface area contributed by atoms with Crippen LogP contribution in [0.25, 0.3) is 0 Å². The molecule has 1 aromatic rings. The normalized spacial score (nSPS) is 25.6. The maximum atomic E-state index is 12.6. The van der Waals surface area contributed by atoms with Gasteiger partial charge < -0.3 is 25.2 Å². The molecule has 3 unspecified atom stereocenters. The first-order valence-electron chi connectivity index (χ1n) is 11.6. The molecule has 0 radical (unpaired) electrons. The molecule has 0 saturated carbocycles. The number of rotatable bonds is 4. The summed E-state index contributed by atoms with van der Waals surface area (Å²) in [6.07, 6.45) is 3.14. The molecular weight excluding hydrogens is 408 g/mol. The van der Waals surface area contributed by atoms with Crippen molar-refractivity contribution in [3.8, 4) is 0 Å². The molecule has 1 heterocycles. The van der Waals surface area contributed by atoms with Crippen molar-refractivity contribution in [2.24, 2.45) is 5.92 Å². The van der Waals surface area contributed by atoms with Crippen molar-refractivity contribution in [3.63, 3.8) is 0 Å². The maximum Gasteiger partial charge on any atom is 0.338 e. The van der Waals surface area contributed by atoms with E-state index in [1.165, 1.54) is 5.56 Å². The van der Waals surface area contributed by atoms with Crippen LogP contribution < -0.4 is 0 Å². The van der Waals surface area contributed by atoms with Crippen molar-refractivity contribution in [2.75, 3.05) is 13.7 Å². The number of carbonyl (C=O) groups excluding carboxylic acids is 1. The highest BCUT2D eigenvalue weighted by Crippen LogP contribution is 2.31. The summed E-state index contributed by atoms with van der Waals surface area (Å²) in [5, 5.41) is 37.3. The lowest BCUT2D eigenvalue weighted by Gasteiger charge is -2.28. The lowest BCUT2D eigenvalue weighted by atomic mass is 9.79. The van der Waals surface area contributed by atoms with Crippen LogP contribution in [-0.2, 0) is 21.4 Å². The van der Waals surface area contributed by atoms with E-state index in [1.807, 2.05) is 32.1 Å². The molecule has 0 spiro atoms. The average molecular weight is 451 g/mol. The van der Waals surface area contributed by atoms with Crippen molar-refractivity contribution in [1.82, 2.24) is 0 Å². The van der Waals surface area contributed by atoms with Crippen LogP contribution in [0.2, 0.25) is 0 Å². The summed E-state index contributed by atoms with van der Waals surface area (Å²) < 4.78 is 5.64. The quantitative estimate of drug-likeness (QED) is 0.414. The smallest absolute Gasteiger partial charge is 0.338 e. The van der Waals surface area contributed by atoms with Crippen LogP contribution in [0.15, 0.2) is 35.9 Å². The van der Waals surface area contributed by atoms with Gasteiger partial charge in [0.1, 0.15) is 6.10 Å². The zero-order chi connectivity index (χ0) is 24.3. The van der Waals surface area contributed by atoms with E-state index in [2.05, 4.69) is 26.0 Å². The fraction of sp³-hybridized carbons (Fsp3) is 0.654. The second-order valence-corrected chi connectivity index (χ2v) is 9.23. The number of benzene rings is 1. The molecule has 0 saturated heterocycles. The molecule has 2 bridgehead atoms. The Balaban J connectivity index is 0.00000249. The first-order valence-corrected chi connectivity index (χ1v) is 11.6. The van der Waals surface area contributed by atoms with Gasteiger partial charge in [0.15, 0.2) is 6.10 Å². The summed E-state index contributed by atoms with van der Waals surface area (Å²) in [6.45, 7) is 8.39. The van der Waals surface area contributed by atoms with Gasteiger partial charge >= 0.3 is 5.97 Å². The molecule has 1 aliphatic heterocycles. The Bertz CT molecular complexity index is 723. The van der Waals surface area contributed by atoms with Gasteiger partial charge in [-0.2, -0.15) is 0 Å². The average Bonchev–Trinajstić information content (AvgIpc) is 2.79. The van der Waals surface area contributed by atoms with E-state index in [-0.39, 0.29) is 24.4 Å². The fourth-order valence-corrected chi connectivity index (χ4v) is 4.04. The molecule has 1 aromatic carbocycles. The SMILES string of the molecule is CCC(/C=C(/C)[C@@H]1CCCCC(C)(C)c2cccc(c2)CC(O)C(O)C(=O)O1)CO.CO. The minimum absolute atomic E-state index is 0.00898. The van der Waals surface area contributed by atoms with E-state index in [9.17, 15) is 20.1 Å². The van der Waals surface area contributed by atoms with Crippen LogP contribution >= 0.6 is 0 Å². The number of cyclic esters (lactones) is 1. The number of aliphatic hydroxyl groups is 4. The van der Waals surface area contributed by atoms with Crippen LogP contribution in [-0.4, -0.2) is 58.4 Å². The third-order valence-corrected chi connectivity index (χ3v) is 6.30. The highest BCUT2D eigenvalue weighted by atomic mass is 16.6. The van der Waals surface area contributed by atoms with Crippen LogP contribution in [0, 0.1) is 5.92 Å². The van der Waals surface area contributed by atoms with Crippen molar-refractivity contribution in [1.29, 1.82) is 0 Å². The fourth-order valence-electron chi connectivity index (χ4n) is 4.04. The summed E-state index contributed by atoms with van der Waals surface area (Å²) in [5.74, 6) is -0.790. The number of hydrogen-bond donors (Lipinski definition) is 4. The monoisotopic (exact) mass is 450 g/mol. The van der Waals surface area contributed by atoms with Gasteiger partial charge in [-0.1, -0.05) is 57.5 Å². The number of fused-ring (bicyclic) bond motifs is 2. The zero-order valence-corrected chi connectivity index (χ0v) is 20.3. The van der Waals surface area contributed by atoms with Gasteiger partial charge in [-0.05, 0) is 54.7 Å². The molecule has 6 nitrogen and oxygen atoms in total. The lowest BCUT2D eigenvalue weighted by Crippen LogP contribution is -2.39. The number of hydrogen-bond acceptors (Lipinski definition) is 6. The third kappa shape index (κ3) is 8.32. The Morgan fingerprint density at radius 2 is 1.94 bits per heavy atom. The maximum absolute atomic E-state index is 12.6. The zero-order valence-electron chi connectivity index (χ0n) is 20.3. The number of ether oxygens (including phenoxy) is 1. The Labute approximate surface area is 192 Å². The van der Waals surface area contributed by atoms with E-state index in [0.29, 0.717) is 6.42 Å². The topological polar surface area (TPSA) is 107 Å². The Morgan fingerprint density at radius 1 is 1.25 bits per heavy atom. The highest BCUT2D eigenvalue weighted by molar-refractivity contribution is 5.75. The third-order valence-electron chi connectivity index (χ3n) is 6.30. The molecule has 1 aliphatic rings. The predicted molar refractivity (Wildman–Crippen MR) is 126 cm³/mol. The standard InChI is InChI=1S/C25H38O5.CH4O/c1-5-18(16-26)13-17(2)22-11-6-7-12-25(3,4)20-10-8-9-19(14-20)15-21(27)23(28)24(29)30-22;1-2/h8-10,13-14,18,21-23,26-28H,5-7,11-12,15-16H2,1-4H3;2H,1H3/b17-13-;/t18?,21?,22-,23?;/m0./s1.